The van der Waals surface area contributed by atoms with Crippen LogP contribution in [0, 0.1) is 11.7 Å². The van der Waals surface area contributed by atoms with Gasteiger partial charge in [0.2, 0.25) is 11.8 Å². The van der Waals surface area contributed by atoms with Crippen LogP contribution in [0.4, 0.5) is 13.2 Å². The third kappa shape index (κ3) is 2.58. The number of halogens is 3. The second kappa shape index (κ2) is 4.97. The lowest BCUT2D eigenvalue weighted by Crippen LogP contribution is -2.59. The molecule has 1 atom stereocenters. The second-order valence-corrected chi connectivity index (χ2v) is 6.49. The fraction of sp³-hybridized carbons (Fsp3) is 0.500. The molecule has 0 spiro atoms. The van der Waals surface area contributed by atoms with Crippen LogP contribution in [0.25, 0.3) is 5.65 Å². The molecule has 7 heteroatoms. The summed E-state index contributed by atoms with van der Waals surface area (Å²) in [4.78, 5) is 18.3. The molecule has 0 bridgehead atoms. The highest BCUT2D eigenvalue weighted by molar-refractivity contribution is 5.79. The standard InChI is InChI=1S/C16H16F3N3O/c17-11-1-2-14-20-12(9-21(14)8-11)5-15(23)22-4-3-13(22)10-6-16(18,19)7-10/h1-2,8-10,13H,3-7H2. The van der Waals surface area contributed by atoms with Gasteiger partial charge in [-0.15, -0.1) is 0 Å². The van der Waals surface area contributed by atoms with Crippen molar-refractivity contribution in [1.82, 2.24) is 14.3 Å². The molecule has 0 N–H and O–H groups in total. The number of nitrogens with zero attached hydrogens (tertiary/aromatic N) is 3. The molecule has 2 aliphatic rings. The molecule has 0 radical (unpaired) electrons. The number of alkyl halides is 2. The van der Waals surface area contributed by atoms with E-state index in [9.17, 15) is 18.0 Å². The number of pyridine rings is 1. The molecule has 2 aromatic rings. The maximum absolute atomic E-state index is 13.2. The topological polar surface area (TPSA) is 37.6 Å². The van der Waals surface area contributed by atoms with E-state index in [4.69, 9.17) is 0 Å². The van der Waals surface area contributed by atoms with Crippen molar-refractivity contribution in [1.29, 1.82) is 0 Å². The van der Waals surface area contributed by atoms with Gasteiger partial charge < -0.3 is 9.30 Å². The molecule has 4 nitrogen and oxygen atoms in total. The van der Waals surface area contributed by atoms with Gasteiger partial charge in [-0.1, -0.05) is 0 Å². The van der Waals surface area contributed by atoms with E-state index in [1.54, 1.807) is 17.2 Å². The maximum atomic E-state index is 13.2. The first-order valence-electron chi connectivity index (χ1n) is 7.72. The van der Waals surface area contributed by atoms with Crippen LogP contribution in [0.5, 0.6) is 0 Å². The Morgan fingerprint density at radius 2 is 2.09 bits per heavy atom. The summed E-state index contributed by atoms with van der Waals surface area (Å²) in [7, 11) is 0. The van der Waals surface area contributed by atoms with Gasteiger partial charge in [-0.3, -0.25) is 4.79 Å². The predicted octanol–water partition coefficient (Wildman–Crippen LogP) is 2.66. The van der Waals surface area contributed by atoms with Crippen LogP contribution >= 0.6 is 0 Å². The lowest BCUT2D eigenvalue weighted by atomic mass is 9.72. The summed E-state index contributed by atoms with van der Waals surface area (Å²) in [5, 5.41) is 0. The van der Waals surface area contributed by atoms with Crippen molar-refractivity contribution < 1.29 is 18.0 Å². The van der Waals surface area contributed by atoms with E-state index in [1.807, 2.05) is 0 Å². The highest BCUT2D eigenvalue weighted by atomic mass is 19.3. The summed E-state index contributed by atoms with van der Waals surface area (Å²) in [6.07, 6.45) is 3.61. The van der Waals surface area contributed by atoms with Gasteiger partial charge in [0, 0.05) is 37.8 Å². The van der Waals surface area contributed by atoms with E-state index in [0.717, 1.165) is 6.42 Å². The van der Waals surface area contributed by atoms with Crippen LogP contribution in [0.3, 0.4) is 0 Å². The van der Waals surface area contributed by atoms with Crippen molar-refractivity contribution in [2.75, 3.05) is 6.54 Å². The van der Waals surface area contributed by atoms with Gasteiger partial charge >= 0.3 is 0 Å². The largest absolute Gasteiger partial charge is 0.339 e. The molecule has 0 aromatic carbocycles. The molecule has 2 fully saturated rings. The van der Waals surface area contributed by atoms with Crippen molar-refractivity contribution in [2.24, 2.45) is 5.92 Å². The van der Waals surface area contributed by atoms with E-state index in [-0.39, 0.29) is 42.9 Å². The van der Waals surface area contributed by atoms with Crippen molar-refractivity contribution >= 4 is 11.6 Å². The molecule has 1 aliphatic carbocycles. The highest BCUT2D eigenvalue weighted by Crippen LogP contribution is 2.47. The second-order valence-electron chi connectivity index (χ2n) is 6.49. The van der Waals surface area contributed by atoms with Gasteiger partial charge in [-0.25, -0.2) is 18.2 Å². The molecule has 122 valence electrons. The number of hydrogen-bond donors (Lipinski definition) is 0. The zero-order valence-corrected chi connectivity index (χ0v) is 12.4. The van der Waals surface area contributed by atoms with Crippen molar-refractivity contribution in [2.45, 2.75) is 37.6 Å². The number of likely N-dealkylation sites (tertiary alicyclic amines) is 1. The van der Waals surface area contributed by atoms with Crippen molar-refractivity contribution in [3.05, 3.63) is 36.0 Å². The number of amides is 1. The van der Waals surface area contributed by atoms with Crippen LogP contribution in [0.1, 0.15) is 25.0 Å². The summed E-state index contributed by atoms with van der Waals surface area (Å²) >= 11 is 0. The Labute approximate surface area is 130 Å². The number of rotatable bonds is 3. The molecule has 4 rings (SSSR count). The fourth-order valence-electron chi connectivity index (χ4n) is 3.55. The minimum Gasteiger partial charge on any atom is -0.339 e. The molecule has 3 heterocycles. The molecular formula is C16H16F3N3O. The van der Waals surface area contributed by atoms with Crippen molar-refractivity contribution in [3.63, 3.8) is 0 Å². The van der Waals surface area contributed by atoms with E-state index in [2.05, 4.69) is 4.98 Å². The molecular weight excluding hydrogens is 307 g/mol. The number of imidazole rings is 1. The normalized spacial score (nSPS) is 23.6. The third-order valence-electron chi connectivity index (χ3n) is 4.85. The molecule has 1 aliphatic heterocycles. The summed E-state index contributed by atoms with van der Waals surface area (Å²) in [6.45, 7) is 0.619. The average Bonchev–Trinajstić information content (AvgIpc) is 2.76. The van der Waals surface area contributed by atoms with Gasteiger partial charge in [-0.2, -0.15) is 0 Å². The van der Waals surface area contributed by atoms with Crippen LogP contribution < -0.4 is 0 Å². The summed E-state index contributed by atoms with van der Waals surface area (Å²) in [6, 6.07) is 2.80. The predicted molar refractivity (Wildman–Crippen MR) is 76.6 cm³/mol. The zero-order valence-electron chi connectivity index (χ0n) is 12.4. The van der Waals surface area contributed by atoms with E-state index < -0.39 is 5.92 Å². The molecule has 2 aromatic heterocycles. The lowest BCUT2D eigenvalue weighted by molar-refractivity contribution is -0.163. The van der Waals surface area contributed by atoms with Crippen molar-refractivity contribution in [3.8, 4) is 0 Å². The van der Waals surface area contributed by atoms with Crippen LogP contribution in [-0.2, 0) is 11.2 Å². The summed E-state index contributed by atoms with van der Waals surface area (Å²) in [5.41, 5.74) is 1.14. The molecule has 1 saturated carbocycles. The zero-order chi connectivity index (χ0) is 16.2. The summed E-state index contributed by atoms with van der Waals surface area (Å²) < 4.78 is 40.7. The third-order valence-corrected chi connectivity index (χ3v) is 4.85. The number of fused-ring (bicyclic) bond motifs is 1. The maximum Gasteiger partial charge on any atom is 0.248 e. The van der Waals surface area contributed by atoms with Crippen LogP contribution in [0.2, 0.25) is 0 Å². The molecule has 1 unspecified atom stereocenters. The minimum atomic E-state index is -2.55. The molecule has 1 saturated heterocycles. The van der Waals surface area contributed by atoms with Gasteiger partial charge in [-0.05, 0) is 24.5 Å². The summed E-state index contributed by atoms with van der Waals surface area (Å²) in [5.74, 6) is -3.11. The number of aromatic nitrogens is 2. The van der Waals surface area contributed by atoms with E-state index in [0.29, 0.717) is 17.9 Å². The highest BCUT2D eigenvalue weighted by Gasteiger charge is 2.52. The lowest BCUT2D eigenvalue weighted by Gasteiger charge is -2.50. The number of carbonyl (C=O) groups is 1. The Balaban J connectivity index is 1.43. The first kappa shape index (κ1) is 14.5. The van der Waals surface area contributed by atoms with Crippen LogP contribution in [-0.4, -0.2) is 38.7 Å². The van der Waals surface area contributed by atoms with Gasteiger partial charge in [0.05, 0.1) is 12.1 Å². The first-order chi connectivity index (χ1) is 10.9. The Kier molecular flexibility index (Phi) is 3.14. The Morgan fingerprint density at radius 1 is 1.30 bits per heavy atom. The quantitative estimate of drug-likeness (QED) is 0.871. The smallest absolute Gasteiger partial charge is 0.248 e. The van der Waals surface area contributed by atoms with Crippen LogP contribution in [0.15, 0.2) is 24.5 Å². The van der Waals surface area contributed by atoms with Gasteiger partial charge in [0.15, 0.2) is 0 Å². The number of carbonyl (C=O) groups excluding carboxylic acids is 1. The monoisotopic (exact) mass is 323 g/mol. The Morgan fingerprint density at radius 3 is 2.74 bits per heavy atom. The van der Waals surface area contributed by atoms with E-state index >= 15 is 0 Å². The molecule has 23 heavy (non-hydrogen) atoms. The molecule has 1 amide bonds. The minimum absolute atomic E-state index is 0.0587. The Hall–Kier alpha value is -2.05. The van der Waals surface area contributed by atoms with Gasteiger partial charge in [0.25, 0.3) is 0 Å². The average molecular weight is 323 g/mol. The Bertz CT molecular complexity index is 765. The van der Waals surface area contributed by atoms with E-state index in [1.165, 1.54) is 16.7 Å². The number of hydrogen-bond acceptors (Lipinski definition) is 2. The first-order valence-corrected chi connectivity index (χ1v) is 7.72. The fourth-order valence-corrected chi connectivity index (χ4v) is 3.55. The van der Waals surface area contributed by atoms with Gasteiger partial charge in [0.1, 0.15) is 11.5 Å². The SMILES string of the molecule is O=C(Cc1cn2cc(F)ccc2n1)N1CCC1C1CC(F)(F)C1.